The molecule has 22 heavy (non-hydrogen) atoms. The smallest absolute Gasteiger partial charge is 0.251 e. The van der Waals surface area contributed by atoms with Crippen LogP contribution in [0.15, 0.2) is 48.8 Å². The molecular weight excluding hydrogens is 278 g/mol. The van der Waals surface area contributed by atoms with Crippen LogP contribution in [0.4, 0.5) is 0 Å². The SMILES string of the molecule is Cc1ccc(C(=O)NCC(=O)NC(C)c2ccncc2)cc1. The fourth-order valence-corrected chi connectivity index (χ4v) is 2.00. The molecule has 0 spiro atoms. The molecule has 114 valence electrons. The third-order valence-electron chi connectivity index (χ3n) is 3.31. The van der Waals surface area contributed by atoms with Crippen molar-refractivity contribution < 1.29 is 9.59 Å². The number of rotatable bonds is 5. The summed E-state index contributed by atoms with van der Waals surface area (Å²) in [5.41, 5.74) is 2.59. The van der Waals surface area contributed by atoms with Crippen molar-refractivity contribution in [1.82, 2.24) is 15.6 Å². The first-order chi connectivity index (χ1) is 10.6. The minimum atomic E-state index is -0.258. The van der Waals surface area contributed by atoms with E-state index in [4.69, 9.17) is 0 Å². The summed E-state index contributed by atoms with van der Waals surface area (Å²) >= 11 is 0. The highest BCUT2D eigenvalue weighted by Gasteiger charge is 2.11. The average molecular weight is 297 g/mol. The summed E-state index contributed by atoms with van der Waals surface area (Å²) in [6.45, 7) is 3.78. The Morgan fingerprint density at radius 3 is 2.36 bits per heavy atom. The Morgan fingerprint density at radius 2 is 1.73 bits per heavy atom. The van der Waals surface area contributed by atoms with Gasteiger partial charge in [-0.25, -0.2) is 0 Å². The highest BCUT2D eigenvalue weighted by Crippen LogP contribution is 2.09. The highest BCUT2D eigenvalue weighted by molar-refractivity contribution is 5.96. The van der Waals surface area contributed by atoms with Gasteiger partial charge in [0, 0.05) is 18.0 Å². The predicted octanol–water partition coefficient (Wildman–Crippen LogP) is 2.00. The predicted molar refractivity (Wildman–Crippen MR) is 84.3 cm³/mol. The van der Waals surface area contributed by atoms with E-state index in [0.717, 1.165) is 11.1 Å². The number of nitrogens with one attached hydrogen (secondary N) is 2. The molecule has 0 aliphatic carbocycles. The molecule has 1 heterocycles. The molecule has 0 saturated carbocycles. The van der Waals surface area contributed by atoms with Crippen molar-refractivity contribution in [2.24, 2.45) is 0 Å². The van der Waals surface area contributed by atoms with Gasteiger partial charge in [0.2, 0.25) is 5.91 Å². The van der Waals surface area contributed by atoms with Gasteiger partial charge in [-0.1, -0.05) is 17.7 Å². The van der Waals surface area contributed by atoms with E-state index in [-0.39, 0.29) is 24.4 Å². The average Bonchev–Trinajstić information content (AvgIpc) is 2.54. The molecule has 1 atom stereocenters. The summed E-state index contributed by atoms with van der Waals surface area (Å²) in [7, 11) is 0. The molecule has 2 N–H and O–H groups in total. The summed E-state index contributed by atoms with van der Waals surface area (Å²) in [5.74, 6) is -0.489. The molecule has 2 aromatic rings. The van der Waals surface area contributed by atoms with Gasteiger partial charge in [0.1, 0.15) is 0 Å². The Labute approximate surface area is 129 Å². The number of nitrogens with zero attached hydrogens (tertiary/aromatic N) is 1. The van der Waals surface area contributed by atoms with E-state index >= 15 is 0 Å². The molecule has 0 aliphatic heterocycles. The summed E-state index contributed by atoms with van der Waals surface area (Å²) in [4.78, 5) is 27.7. The minimum Gasteiger partial charge on any atom is -0.348 e. The quantitative estimate of drug-likeness (QED) is 0.886. The Balaban J connectivity index is 1.82. The van der Waals surface area contributed by atoms with Crippen molar-refractivity contribution in [2.75, 3.05) is 6.54 Å². The molecule has 0 bridgehead atoms. The van der Waals surface area contributed by atoms with Crippen molar-refractivity contribution >= 4 is 11.8 Å². The lowest BCUT2D eigenvalue weighted by molar-refractivity contribution is -0.120. The maximum Gasteiger partial charge on any atom is 0.251 e. The molecule has 1 aromatic carbocycles. The van der Waals surface area contributed by atoms with Gasteiger partial charge in [0.15, 0.2) is 0 Å². The van der Waals surface area contributed by atoms with Gasteiger partial charge in [-0.3, -0.25) is 14.6 Å². The van der Waals surface area contributed by atoms with Crippen LogP contribution in [0.5, 0.6) is 0 Å². The Hall–Kier alpha value is -2.69. The Bertz CT molecular complexity index is 639. The number of benzene rings is 1. The summed E-state index contributed by atoms with van der Waals surface area (Å²) in [5, 5.41) is 5.44. The van der Waals surface area contributed by atoms with Crippen molar-refractivity contribution in [3.8, 4) is 0 Å². The van der Waals surface area contributed by atoms with E-state index in [1.54, 1.807) is 24.5 Å². The molecule has 5 heteroatoms. The minimum absolute atomic E-state index is 0.0534. The number of carbonyl (C=O) groups is 2. The number of carbonyl (C=O) groups excluding carboxylic acids is 2. The molecule has 1 unspecified atom stereocenters. The number of aryl methyl sites for hydroxylation is 1. The van der Waals surface area contributed by atoms with Gasteiger partial charge in [0.25, 0.3) is 5.91 Å². The Kier molecular flexibility index (Phi) is 5.25. The second kappa shape index (κ2) is 7.36. The summed E-state index contributed by atoms with van der Waals surface area (Å²) in [6.07, 6.45) is 3.36. The number of pyridine rings is 1. The van der Waals surface area contributed by atoms with Crippen LogP contribution < -0.4 is 10.6 Å². The molecule has 2 rings (SSSR count). The van der Waals surface area contributed by atoms with Crippen molar-refractivity contribution in [1.29, 1.82) is 0 Å². The molecule has 5 nitrogen and oxygen atoms in total. The maximum atomic E-state index is 11.9. The fraction of sp³-hybridized carbons (Fsp3) is 0.235. The van der Waals surface area contributed by atoms with E-state index in [9.17, 15) is 9.59 Å². The van der Waals surface area contributed by atoms with Crippen molar-refractivity contribution in [3.05, 3.63) is 65.5 Å². The zero-order valence-electron chi connectivity index (χ0n) is 12.7. The first-order valence-corrected chi connectivity index (χ1v) is 7.10. The third-order valence-corrected chi connectivity index (χ3v) is 3.31. The summed E-state index contributed by atoms with van der Waals surface area (Å²) < 4.78 is 0. The van der Waals surface area contributed by atoms with Gasteiger partial charge in [0.05, 0.1) is 12.6 Å². The van der Waals surface area contributed by atoms with Crippen LogP contribution in [0.3, 0.4) is 0 Å². The fourth-order valence-electron chi connectivity index (χ4n) is 2.00. The van der Waals surface area contributed by atoms with E-state index in [2.05, 4.69) is 15.6 Å². The lowest BCUT2D eigenvalue weighted by atomic mass is 10.1. The second-order valence-corrected chi connectivity index (χ2v) is 5.12. The van der Waals surface area contributed by atoms with Crippen molar-refractivity contribution in [2.45, 2.75) is 19.9 Å². The van der Waals surface area contributed by atoms with Crippen LogP contribution in [-0.2, 0) is 4.79 Å². The molecule has 0 fully saturated rings. The lowest BCUT2D eigenvalue weighted by Crippen LogP contribution is -2.38. The van der Waals surface area contributed by atoms with Gasteiger partial charge >= 0.3 is 0 Å². The van der Waals surface area contributed by atoms with Crippen LogP contribution >= 0.6 is 0 Å². The summed E-state index contributed by atoms with van der Waals surface area (Å²) in [6, 6.07) is 10.8. The van der Waals surface area contributed by atoms with E-state index < -0.39 is 0 Å². The Morgan fingerprint density at radius 1 is 1.09 bits per heavy atom. The molecular formula is C17H19N3O2. The van der Waals surface area contributed by atoms with Gasteiger partial charge in [-0.05, 0) is 43.7 Å². The van der Waals surface area contributed by atoms with E-state index in [0.29, 0.717) is 5.56 Å². The molecule has 0 aliphatic rings. The topological polar surface area (TPSA) is 71.1 Å². The molecule has 1 aromatic heterocycles. The molecule has 0 radical (unpaired) electrons. The maximum absolute atomic E-state index is 11.9. The number of hydrogen-bond donors (Lipinski definition) is 2. The van der Waals surface area contributed by atoms with Gasteiger partial charge in [-0.15, -0.1) is 0 Å². The standard InChI is InChI=1S/C17H19N3O2/c1-12-3-5-15(6-4-12)17(22)19-11-16(21)20-13(2)14-7-9-18-10-8-14/h3-10,13H,11H2,1-2H3,(H,19,22)(H,20,21). The number of amides is 2. The molecule has 0 saturated heterocycles. The van der Waals surface area contributed by atoms with Crippen LogP contribution in [0.25, 0.3) is 0 Å². The molecule has 2 amide bonds. The van der Waals surface area contributed by atoms with Crippen LogP contribution in [0.2, 0.25) is 0 Å². The normalized spacial score (nSPS) is 11.5. The van der Waals surface area contributed by atoms with Crippen molar-refractivity contribution in [3.63, 3.8) is 0 Å². The number of aromatic nitrogens is 1. The largest absolute Gasteiger partial charge is 0.348 e. The third kappa shape index (κ3) is 4.41. The monoisotopic (exact) mass is 297 g/mol. The van der Waals surface area contributed by atoms with E-state index in [1.807, 2.05) is 38.1 Å². The van der Waals surface area contributed by atoms with Crippen LogP contribution in [0.1, 0.15) is 34.5 Å². The lowest BCUT2D eigenvalue weighted by Gasteiger charge is -2.14. The van der Waals surface area contributed by atoms with Crippen LogP contribution in [-0.4, -0.2) is 23.3 Å². The number of hydrogen-bond acceptors (Lipinski definition) is 3. The first kappa shape index (κ1) is 15.7. The zero-order chi connectivity index (χ0) is 15.9. The van der Waals surface area contributed by atoms with E-state index in [1.165, 1.54) is 0 Å². The second-order valence-electron chi connectivity index (χ2n) is 5.12. The van der Waals surface area contributed by atoms with Gasteiger partial charge < -0.3 is 10.6 Å². The highest BCUT2D eigenvalue weighted by atomic mass is 16.2. The van der Waals surface area contributed by atoms with Crippen LogP contribution in [0, 0.1) is 6.92 Å². The first-order valence-electron chi connectivity index (χ1n) is 7.10. The zero-order valence-corrected chi connectivity index (χ0v) is 12.7. The van der Waals surface area contributed by atoms with Gasteiger partial charge in [-0.2, -0.15) is 0 Å².